The Morgan fingerprint density at radius 3 is 2.47 bits per heavy atom. The number of nitrogens with zero attached hydrogens (tertiary/aromatic N) is 2. The smallest absolute Gasteiger partial charge is 0.406 e. The molecule has 1 aromatic heterocycles. The molecule has 0 saturated carbocycles. The van der Waals surface area contributed by atoms with Crippen LogP contribution in [0.25, 0.3) is 0 Å². The molecule has 1 N–H and O–H groups in total. The van der Waals surface area contributed by atoms with E-state index in [0.717, 1.165) is 5.69 Å². The lowest BCUT2D eigenvalue weighted by Gasteiger charge is -2.30. The lowest BCUT2D eigenvalue weighted by molar-refractivity contribution is -0.274. The molecule has 0 aliphatic carbocycles. The molecule has 0 bridgehead atoms. The van der Waals surface area contributed by atoms with Crippen molar-refractivity contribution in [1.29, 1.82) is 0 Å². The van der Waals surface area contributed by atoms with Gasteiger partial charge >= 0.3 is 6.36 Å². The molecular formula is C25H22F3N3O3. The van der Waals surface area contributed by atoms with Crippen LogP contribution in [0.5, 0.6) is 5.75 Å². The Morgan fingerprint density at radius 2 is 1.79 bits per heavy atom. The highest BCUT2D eigenvalue weighted by Gasteiger charge is 2.43. The number of alkyl halides is 3. The fourth-order valence-electron chi connectivity index (χ4n) is 4.07. The molecular weight excluding hydrogens is 447 g/mol. The van der Waals surface area contributed by atoms with Crippen LogP contribution < -0.4 is 10.1 Å². The van der Waals surface area contributed by atoms with Gasteiger partial charge in [0.25, 0.3) is 5.91 Å². The molecule has 0 fully saturated rings. The van der Waals surface area contributed by atoms with Crippen molar-refractivity contribution >= 4 is 11.8 Å². The van der Waals surface area contributed by atoms with E-state index in [0.29, 0.717) is 23.1 Å². The van der Waals surface area contributed by atoms with Gasteiger partial charge in [0.05, 0.1) is 0 Å². The van der Waals surface area contributed by atoms with Gasteiger partial charge in [0.2, 0.25) is 5.91 Å². The Kier molecular flexibility index (Phi) is 6.54. The average molecular weight is 469 g/mol. The number of halogens is 3. The molecule has 2 atom stereocenters. The fourth-order valence-corrected chi connectivity index (χ4v) is 4.07. The van der Waals surface area contributed by atoms with Crippen LogP contribution >= 0.6 is 0 Å². The van der Waals surface area contributed by atoms with E-state index >= 15 is 0 Å². The number of nitrogens with one attached hydrogen (secondary N) is 1. The Bertz CT molecular complexity index is 1170. The number of aromatic nitrogens is 1. The summed E-state index contributed by atoms with van der Waals surface area (Å²) in [5, 5.41) is 2.81. The second-order valence-corrected chi connectivity index (χ2v) is 7.99. The number of hydrogen-bond acceptors (Lipinski definition) is 4. The highest BCUT2D eigenvalue weighted by Crippen LogP contribution is 2.36. The van der Waals surface area contributed by atoms with Crippen molar-refractivity contribution in [1.82, 2.24) is 15.2 Å². The zero-order valence-corrected chi connectivity index (χ0v) is 18.3. The van der Waals surface area contributed by atoms with Crippen molar-refractivity contribution in [3.63, 3.8) is 0 Å². The Balaban J connectivity index is 1.50. The predicted molar refractivity (Wildman–Crippen MR) is 118 cm³/mol. The maximum atomic E-state index is 13.3. The summed E-state index contributed by atoms with van der Waals surface area (Å²) in [5.41, 5.74) is 2.49. The lowest BCUT2D eigenvalue weighted by Crippen LogP contribution is -2.44. The van der Waals surface area contributed by atoms with Crippen molar-refractivity contribution in [2.45, 2.75) is 38.3 Å². The zero-order chi connectivity index (χ0) is 24.3. The number of hydrogen-bond donors (Lipinski definition) is 1. The second kappa shape index (κ2) is 9.54. The topological polar surface area (TPSA) is 71.5 Å². The summed E-state index contributed by atoms with van der Waals surface area (Å²) in [4.78, 5) is 32.3. The van der Waals surface area contributed by atoms with E-state index in [9.17, 15) is 22.8 Å². The number of benzene rings is 2. The normalized spacial score (nSPS) is 16.2. The Hall–Kier alpha value is -3.88. The van der Waals surface area contributed by atoms with E-state index in [-0.39, 0.29) is 30.2 Å². The van der Waals surface area contributed by atoms with Gasteiger partial charge in [-0.2, -0.15) is 0 Å². The lowest BCUT2D eigenvalue weighted by atomic mass is 10.0. The number of carbonyl (C=O) groups is 2. The van der Waals surface area contributed by atoms with E-state index in [1.807, 2.05) is 25.1 Å². The van der Waals surface area contributed by atoms with Crippen LogP contribution in [-0.2, 0) is 17.8 Å². The summed E-state index contributed by atoms with van der Waals surface area (Å²) in [6, 6.07) is 16.7. The summed E-state index contributed by atoms with van der Waals surface area (Å²) in [6.07, 6.45) is -2.61. The van der Waals surface area contributed by atoms with Gasteiger partial charge in [0.15, 0.2) is 0 Å². The molecule has 2 heterocycles. The van der Waals surface area contributed by atoms with Gasteiger partial charge in [0, 0.05) is 36.5 Å². The van der Waals surface area contributed by atoms with Gasteiger partial charge < -0.3 is 15.0 Å². The maximum absolute atomic E-state index is 13.3. The minimum atomic E-state index is -4.77. The molecule has 3 aromatic rings. The number of ether oxygens (including phenoxy) is 1. The number of fused-ring (bicyclic) bond motifs is 1. The molecule has 9 heteroatoms. The highest BCUT2D eigenvalue weighted by atomic mass is 19.4. The van der Waals surface area contributed by atoms with Crippen LogP contribution in [0.15, 0.2) is 72.9 Å². The van der Waals surface area contributed by atoms with Crippen molar-refractivity contribution in [3.8, 4) is 5.75 Å². The summed E-state index contributed by atoms with van der Waals surface area (Å²) in [6.45, 7) is 1.96. The average Bonchev–Trinajstić information content (AvgIpc) is 3.11. The first-order valence-electron chi connectivity index (χ1n) is 10.7. The van der Waals surface area contributed by atoms with E-state index in [4.69, 9.17) is 0 Å². The molecule has 0 radical (unpaired) electrons. The van der Waals surface area contributed by atoms with Gasteiger partial charge in [-0.15, -0.1) is 13.2 Å². The van der Waals surface area contributed by atoms with Crippen LogP contribution in [-0.4, -0.2) is 34.1 Å². The highest BCUT2D eigenvalue weighted by molar-refractivity contribution is 6.04. The first-order valence-corrected chi connectivity index (χ1v) is 10.7. The van der Waals surface area contributed by atoms with Crippen molar-refractivity contribution in [2.24, 2.45) is 0 Å². The summed E-state index contributed by atoms with van der Waals surface area (Å²) >= 11 is 0. The third kappa shape index (κ3) is 5.19. The molecule has 2 amide bonds. The van der Waals surface area contributed by atoms with Gasteiger partial charge in [-0.25, -0.2) is 0 Å². The minimum Gasteiger partial charge on any atom is -0.406 e. The third-order valence-corrected chi connectivity index (χ3v) is 5.58. The molecule has 2 unspecified atom stereocenters. The van der Waals surface area contributed by atoms with Gasteiger partial charge in [0.1, 0.15) is 11.8 Å². The van der Waals surface area contributed by atoms with Crippen molar-refractivity contribution in [2.75, 3.05) is 0 Å². The summed E-state index contributed by atoms with van der Waals surface area (Å²) < 4.78 is 40.9. The third-order valence-electron chi connectivity index (χ3n) is 5.58. The van der Waals surface area contributed by atoms with Crippen LogP contribution in [0.4, 0.5) is 13.2 Å². The predicted octanol–water partition coefficient (Wildman–Crippen LogP) is 4.42. The van der Waals surface area contributed by atoms with Crippen LogP contribution in [0.2, 0.25) is 0 Å². The largest absolute Gasteiger partial charge is 0.573 e. The molecule has 4 rings (SSSR count). The molecule has 1 aliphatic heterocycles. The SMILES string of the molecule is CC(Cc1ccccn1)N1C(=O)c2ccccc2C1C(=O)NCc1ccc(OC(F)(F)F)cc1. The van der Waals surface area contributed by atoms with Crippen LogP contribution in [0, 0.1) is 0 Å². The second-order valence-electron chi connectivity index (χ2n) is 7.99. The molecule has 0 spiro atoms. The fraction of sp³-hybridized carbons (Fsp3) is 0.240. The van der Waals surface area contributed by atoms with Crippen LogP contribution in [0.3, 0.4) is 0 Å². The standard InChI is InChI=1S/C25H22F3N3O3/c1-16(14-18-6-4-5-13-29-18)31-22(20-7-2-3-8-21(20)24(31)33)23(32)30-15-17-9-11-19(12-10-17)34-25(26,27)28/h2-13,16,22H,14-15H2,1H3,(H,30,32). The van der Waals surface area contributed by atoms with Crippen molar-refractivity contribution in [3.05, 3.63) is 95.3 Å². The number of pyridine rings is 1. The maximum Gasteiger partial charge on any atom is 0.573 e. The Morgan fingerprint density at radius 1 is 1.09 bits per heavy atom. The van der Waals surface area contributed by atoms with Gasteiger partial charge in [-0.05, 0) is 48.4 Å². The van der Waals surface area contributed by atoms with Gasteiger partial charge in [-0.1, -0.05) is 36.4 Å². The number of amides is 2. The summed E-state index contributed by atoms with van der Waals surface area (Å²) in [5.74, 6) is -0.943. The van der Waals surface area contributed by atoms with E-state index in [2.05, 4.69) is 15.0 Å². The summed E-state index contributed by atoms with van der Waals surface area (Å²) in [7, 11) is 0. The first kappa shape index (κ1) is 23.3. The van der Waals surface area contributed by atoms with Crippen molar-refractivity contribution < 1.29 is 27.5 Å². The minimum absolute atomic E-state index is 0.0838. The monoisotopic (exact) mass is 469 g/mol. The molecule has 34 heavy (non-hydrogen) atoms. The Labute approximate surface area is 194 Å². The molecule has 176 valence electrons. The number of carbonyl (C=O) groups excluding carboxylic acids is 2. The first-order chi connectivity index (χ1) is 16.2. The van der Waals surface area contributed by atoms with Gasteiger partial charge in [-0.3, -0.25) is 14.6 Å². The molecule has 0 saturated heterocycles. The molecule has 6 nitrogen and oxygen atoms in total. The van der Waals surface area contributed by atoms with E-state index in [1.54, 1.807) is 35.4 Å². The zero-order valence-electron chi connectivity index (χ0n) is 18.3. The number of rotatable bonds is 7. The van der Waals surface area contributed by atoms with Crippen LogP contribution in [0.1, 0.15) is 40.1 Å². The molecule has 1 aliphatic rings. The van der Waals surface area contributed by atoms with E-state index < -0.39 is 12.4 Å². The van der Waals surface area contributed by atoms with E-state index in [1.165, 1.54) is 24.3 Å². The molecule has 2 aromatic carbocycles. The quantitative estimate of drug-likeness (QED) is 0.556.